The van der Waals surface area contributed by atoms with Crippen molar-refractivity contribution in [1.82, 2.24) is 0 Å². The molecule has 7 heteroatoms. The molecule has 3 rings (SSSR count). The number of hydrogen-bond donors (Lipinski definition) is 0. The maximum Gasteiger partial charge on any atom is 0.306 e. The first kappa shape index (κ1) is 19.1. The molecule has 0 N–H and O–H groups in total. The molecule has 0 radical (unpaired) electrons. The summed E-state index contributed by atoms with van der Waals surface area (Å²) in [6, 6.07) is 11.7. The van der Waals surface area contributed by atoms with Crippen LogP contribution >= 0.6 is 15.9 Å². The van der Waals surface area contributed by atoms with Crippen molar-refractivity contribution in [3.05, 3.63) is 58.1 Å². The van der Waals surface area contributed by atoms with Crippen LogP contribution in [0.1, 0.15) is 33.6 Å². The summed E-state index contributed by atoms with van der Waals surface area (Å²) < 4.78 is 16.7. The Labute approximate surface area is 164 Å². The highest BCUT2D eigenvalue weighted by Gasteiger charge is 2.17. The summed E-state index contributed by atoms with van der Waals surface area (Å²) in [5.41, 5.74) is 0.899. The molecule has 1 aliphatic heterocycles. The van der Waals surface area contributed by atoms with Gasteiger partial charge in [-0.2, -0.15) is 0 Å². The van der Waals surface area contributed by atoms with E-state index in [9.17, 15) is 14.4 Å². The van der Waals surface area contributed by atoms with Gasteiger partial charge in [-0.15, -0.1) is 0 Å². The van der Waals surface area contributed by atoms with Gasteiger partial charge in [-0.1, -0.05) is 28.1 Å². The minimum atomic E-state index is -0.591. The lowest BCUT2D eigenvalue weighted by atomic mass is 10.1. The minimum absolute atomic E-state index is 0.00898. The van der Waals surface area contributed by atoms with E-state index in [2.05, 4.69) is 15.9 Å². The van der Waals surface area contributed by atoms with Crippen LogP contribution in [-0.4, -0.2) is 37.4 Å². The predicted octanol–water partition coefficient (Wildman–Crippen LogP) is 3.61. The summed E-state index contributed by atoms with van der Waals surface area (Å²) in [4.78, 5) is 36.0. The topological polar surface area (TPSA) is 78.9 Å². The second-order valence-electron chi connectivity index (χ2n) is 5.87. The quantitative estimate of drug-likeness (QED) is 0.491. The third-order valence-electron chi connectivity index (χ3n) is 3.95. The van der Waals surface area contributed by atoms with E-state index in [1.165, 1.54) is 0 Å². The molecule has 0 saturated heterocycles. The highest BCUT2D eigenvalue weighted by Crippen LogP contribution is 2.31. The van der Waals surface area contributed by atoms with Crippen molar-refractivity contribution in [2.75, 3.05) is 19.8 Å². The van der Waals surface area contributed by atoms with E-state index >= 15 is 0 Å². The molecule has 0 unspecified atom stereocenters. The Morgan fingerprint density at radius 2 is 1.52 bits per heavy atom. The number of hydrogen-bond acceptors (Lipinski definition) is 6. The molecule has 27 heavy (non-hydrogen) atoms. The van der Waals surface area contributed by atoms with Gasteiger partial charge in [0.25, 0.3) is 0 Å². The lowest BCUT2D eigenvalue weighted by molar-refractivity contribution is -0.142. The monoisotopic (exact) mass is 432 g/mol. The summed E-state index contributed by atoms with van der Waals surface area (Å²) in [7, 11) is 0. The average Bonchev–Trinajstić information content (AvgIpc) is 2.70. The van der Waals surface area contributed by atoms with Gasteiger partial charge in [0.15, 0.2) is 29.7 Å². The smallest absolute Gasteiger partial charge is 0.306 e. The Hall–Kier alpha value is -2.67. The van der Waals surface area contributed by atoms with Gasteiger partial charge < -0.3 is 14.2 Å². The highest BCUT2D eigenvalue weighted by atomic mass is 79.9. The second-order valence-corrected chi connectivity index (χ2v) is 6.79. The average molecular weight is 433 g/mol. The number of benzene rings is 2. The first-order chi connectivity index (χ1) is 13.0. The molecule has 140 valence electrons. The van der Waals surface area contributed by atoms with Crippen LogP contribution in [0, 0.1) is 0 Å². The van der Waals surface area contributed by atoms with Gasteiger partial charge in [0.05, 0.1) is 6.42 Å². The fourth-order valence-electron chi connectivity index (χ4n) is 2.51. The number of ketones is 2. The molecule has 0 fully saturated rings. The molecule has 0 amide bonds. The van der Waals surface area contributed by atoms with Crippen LogP contribution in [0.25, 0.3) is 0 Å². The molecule has 1 heterocycles. The number of carbonyl (C=O) groups is 3. The van der Waals surface area contributed by atoms with Crippen LogP contribution in [0.15, 0.2) is 46.9 Å². The lowest BCUT2D eigenvalue weighted by Crippen LogP contribution is -2.16. The third kappa shape index (κ3) is 5.17. The Morgan fingerprint density at radius 3 is 2.26 bits per heavy atom. The Kier molecular flexibility index (Phi) is 6.24. The third-order valence-corrected chi connectivity index (χ3v) is 4.48. The van der Waals surface area contributed by atoms with Crippen LogP contribution in [0.3, 0.4) is 0 Å². The molecule has 2 aromatic rings. The molecular weight excluding hydrogens is 416 g/mol. The Bertz CT molecular complexity index is 859. The molecule has 0 aliphatic carbocycles. The zero-order valence-corrected chi connectivity index (χ0v) is 16.0. The number of rotatable bonds is 7. The number of halogens is 1. The molecule has 6 nitrogen and oxygen atoms in total. The fraction of sp³-hybridized carbons (Fsp3) is 0.250. The standard InChI is InChI=1S/C20H17BrO6/c21-15-4-1-13(2-5-15)17(23)12-27-20(24)8-6-16(22)14-3-7-18-19(11-14)26-10-9-25-18/h1-5,7,11H,6,8-10,12H2. The van der Waals surface area contributed by atoms with E-state index in [0.29, 0.717) is 35.8 Å². The number of esters is 1. The molecule has 2 aromatic carbocycles. The van der Waals surface area contributed by atoms with Crippen molar-refractivity contribution in [3.8, 4) is 11.5 Å². The van der Waals surface area contributed by atoms with E-state index in [-0.39, 0.29) is 31.0 Å². The van der Waals surface area contributed by atoms with Gasteiger partial charge in [-0.3, -0.25) is 14.4 Å². The zero-order chi connectivity index (χ0) is 19.2. The van der Waals surface area contributed by atoms with Gasteiger partial charge in [0, 0.05) is 22.0 Å². The van der Waals surface area contributed by atoms with E-state index in [1.807, 2.05) is 0 Å². The largest absolute Gasteiger partial charge is 0.486 e. The van der Waals surface area contributed by atoms with Gasteiger partial charge >= 0.3 is 5.97 Å². The molecule has 1 aliphatic rings. The van der Waals surface area contributed by atoms with Gasteiger partial charge in [0.1, 0.15) is 13.2 Å². The van der Waals surface area contributed by atoms with Crippen LogP contribution < -0.4 is 9.47 Å². The molecule has 0 atom stereocenters. The maximum absolute atomic E-state index is 12.3. The maximum atomic E-state index is 12.3. The molecule has 0 bridgehead atoms. The van der Waals surface area contributed by atoms with Crippen molar-refractivity contribution in [1.29, 1.82) is 0 Å². The summed E-state index contributed by atoms with van der Waals surface area (Å²) in [5, 5.41) is 0. The normalized spacial score (nSPS) is 12.3. The van der Waals surface area contributed by atoms with Gasteiger partial charge in [-0.25, -0.2) is 0 Å². The zero-order valence-electron chi connectivity index (χ0n) is 14.4. The molecule has 0 spiro atoms. The van der Waals surface area contributed by atoms with E-state index in [1.54, 1.807) is 42.5 Å². The van der Waals surface area contributed by atoms with E-state index in [0.717, 1.165) is 4.47 Å². The second kappa shape index (κ2) is 8.81. The highest BCUT2D eigenvalue weighted by molar-refractivity contribution is 9.10. The SMILES string of the molecule is O=C(CCC(=O)c1ccc2c(c1)OCCO2)OCC(=O)c1ccc(Br)cc1. The summed E-state index contributed by atoms with van der Waals surface area (Å²) >= 11 is 3.29. The van der Waals surface area contributed by atoms with Crippen LogP contribution in [0.5, 0.6) is 11.5 Å². The Balaban J connectivity index is 1.46. The Morgan fingerprint density at radius 1 is 0.852 bits per heavy atom. The number of carbonyl (C=O) groups excluding carboxylic acids is 3. The van der Waals surface area contributed by atoms with Gasteiger partial charge in [-0.05, 0) is 30.3 Å². The fourth-order valence-corrected chi connectivity index (χ4v) is 2.78. The minimum Gasteiger partial charge on any atom is -0.486 e. The van der Waals surface area contributed by atoms with E-state index in [4.69, 9.17) is 14.2 Å². The first-order valence-corrected chi connectivity index (χ1v) is 9.19. The number of Topliss-reactive ketones (excluding diaryl/α,β-unsaturated/α-hetero) is 2. The number of fused-ring (bicyclic) bond motifs is 1. The number of ether oxygens (including phenoxy) is 3. The molecule has 0 saturated carbocycles. The summed E-state index contributed by atoms with van der Waals surface area (Å²) in [6.45, 7) is 0.563. The van der Waals surface area contributed by atoms with Crippen molar-refractivity contribution >= 4 is 33.5 Å². The van der Waals surface area contributed by atoms with Crippen molar-refractivity contribution in [3.63, 3.8) is 0 Å². The molecular formula is C20H17BrO6. The predicted molar refractivity (Wildman–Crippen MR) is 100 cm³/mol. The van der Waals surface area contributed by atoms with Gasteiger partial charge in [0.2, 0.25) is 0 Å². The van der Waals surface area contributed by atoms with Crippen LogP contribution in [-0.2, 0) is 9.53 Å². The molecule has 0 aromatic heterocycles. The summed E-state index contributed by atoms with van der Waals surface area (Å²) in [5.74, 6) is 0.0296. The van der Waals surface area contributed by atoms with E-state index < -0.39 is 5.97 Å². The van der Waals surface area contributed by atoms with Crippen molar-refractivity contribution in [2.45, 2.75) is 12.8 Å². The van der Waals surface area contributed by atoms with Crippen molar-refractivity contribution < 1.29 is 28.6 Å². The summed E-state index contributed by atoms with van der Waals surface area (Å²) in [6.07, 6.45) is -0.105. The van der Waals surface area contributed by atoms with Crippen LogP contribution in [0.2, 0.25) is 0 Å². The lowest BCUT2D eigenvalue weighted by Gasteiger charge is -2.18. The van der Waals surface area contributed by atoms with Crippen molar-refractivity contribution in [2.24, 2.45) is 0 Å². The van der Waals surface area contributed by atoms with Crippen LogP contribution in [0.4, 0.5) is 0 Å². The first-order valence-electron chi connectivity index (χ1n) is 8.40.